The van der Waals surface area contributed by atoms with Crippen LogP contribution in [0.1, 0.15) is 29.5 Å². The van der Waals surface area contributed by atoms with E-state index in [0.717, 1.165) is 61.4 Å². The van der Waals surface area contributed by atoms with Crippen LogP contribution in [0.5, 0.6) is 11.5 Å². The van der Waals surface area contributed by atoms with E-state index in [9.17, 15) is 4.79 Å². The van der Waals surface area contributed by atoms with Gasteiger partial charge in [-0.05, 0) is 61.6 Å². The normalized spacial score (nSPS) is 14.0. The van der Waals surface area contributed by atoms with E-state index < -0.39 is 0 Å². The van der Waals surface area contributed by atoms with Gasteiger partial charge in [0, 0.05) is 25.6 Å². The summed E-state index contributed by atoms with van der Waals surface area (Å²) in [6, 6.07) is 22.9. The molecule has 1 amide bonds. The van der Waals surface area contributed by atoms with Crippen LogP contribution in [-0.4, -0.2) is 49.3 Å². The van der Waals surface area contributed by atoms with Crippen molar-refractivity contribution in [3.05, 3.63) is 83.4 Å². The number of benzene rings is 3. The van der Waals surface area contributed by atoms with Crippen LogP contribution in [-0.2, 0) is 17.8 Å². The summed E-state index contributed by atoms with van der Waals surface area (Å²) in [5, 5.41) is 3.14. The molecule has 0 aliphatic carbocycles. The number of rotatable bonds is 9. The summed E-state index contributed by atoms with van der Waals surface area (Å²) >= 11 is 0. The number of nitrogens with zero attached hydrogens (tertiary/aromatic N) is 3. The fourth-order valence-electron chi connectivity index (χ4n) is 5.19. The molecule has 0 bridgehead atoms. The number of aromatic nitrogens is 2. The van der Waals surface area contributed by atoms with E-state index in [-0.39, 0.29) is 11.8 Å². The SMILES string of the molecule is COc1ccc(CCNC(=O)C2CCN(c3nc4ccccc4n3Cc3ccc(C)cc3)CC2)cc1OC. The van der Waals surface area contributed by atoms with Crippen LogP contribution in [0.4, 0.5) is 5.95 Å². The highest BCUT2D eigenvalue weighted by molar-refractivity contribution is 5.80. The van der Waals surface area contributed by atoms with E-state index in [2.05, 4.69) is 64.2 Å². The highest BCUT2D eigenvalue weighted by atomic mass is 16.5. The van der Waals surface area contributed by atoms with Crippen LogP contribution < -0.4 is 19.7 Å². The Labute approximate surface area is 224 Å². The molecule has 0 spiro atoms. The first-order valence-electron chi connectivity index (χ1n) is 13.3. The number of methoxy groups -OCH3 is 2. The van der Waals surface area contributed by atoms with Crippen LogP contribution >= 0.6 is 0 Å². The van der Waals surface area contributed by atoms with Crippen LogP contribution in [0.15, 0.2) is 66.7 Å². The summed E-state index contributed by atoms with van der Waals surface area (Å²) in [4.78, 5) is 20.3. The largest absolute Gasteiger partial charge is 0.493 e. The third kappa shape index (κ3) is 5.62. The van der Waals surface area contributed by atoms with Crippen molar-refractivity contribution < 1.29 is 14.3 Å². The summed E-state index contributed by atoms with van der Waals surface area (Å²) in [5.41, 5.74) is 5.75. The molecule has 7 heteroatoms. The monoisotopic (exact) mass is 512 g/mol. The van der Waals surface area contributed by atoms with Gasteiger partial charge in [0.15, 0.2) is 11.5 Å². The molecule has 1 aliphatic rings. The predicted octanol–water partition coefficient (Wildman–Crippen LogP) is 4.99. The Hall–Kier alpha value is -4.00. The molecule has 5 rings (SSSR count). The van der Waals surface area contributed by atoms with Gasteiger partial charge < -0.3 is 24.3 Å². The highest BCUT2D eigenvalue weighted by Gasteiger charge is 2.27. The number of para-hydroxylation sites is 2. The number of imidazole rings is 1. The molecule has 0 atom stereocenters. The smallest absolute Gasteiger partial charge is 0.223 e. The first kappa shape index (κ1) is 25.6. The van der Waals surface area contributed by atoms with Gasteiger partial charge in [0.05, 0.1) is 31.8 Å². The molecule has 1 aliphatic heterocycles. The lowest BCUT2D eigenvalue weighted by Gasteiger charge is -2.32. The first-order valence-corrected chi connectivity index (χ1v) is 13.3. The maximum absolute atomic E-state index is 12.9. The molecular weight excluding hydrogens is 476 g/mol. The third-order valence-electron chi connectivity index (χ3n) is 7.41. The standard InChI is InChI=1S/C31H36N4O3/c1-22-8-10-24(11-9-22)21-35-27-7-5-4-6-26(27)33-31(35)34-18-15-25(16-19-34)30(36)32-17-14-23-12-13-28(37-2)29(20-23)38-3/h4-13,20,25H,14-19,21H2,1-3H3,(H,32,36). The van der Waals surface area contributed by atoms with Crippen molar-refractivity contribution in [3.63, 3.8) is 0 Å². The van der Waals surface area contributed by atoms with Gasteiger partial charge in [0.25, 0.3) is 0 Å². The van der Waals surface area contributed by atoms with Crippen molar-refractivity contribution in [2.45, 2.75) is 32.7 Å². The molecule has 3 aromatic carbocycles. The lowest BCUT2D eigenvalue weighted by Crippen LogP contribution is -2.42. The van der Waals surface area contributed by atoms with Gasteiger partial charge in [-0.2, -0.15) is 0 Å². The summed E-state index contributed by atoms with van der Waals surface area (Å²) in [6.07, 6.45) is 2.37. The number of piperidine rings is 1. The number of ether oxygens (including phenoxy) is 2. The molecule has 198 valence electrons. The predicted molar refractivity (Wildman–Crippen MR) is 151 cm³/mol. The molecule has 0 radical (unpaired) electrons. The van der Waals surface area contributed by atoms with Gasteiger partial charge in [-0.3, -0.25) is 4.79 Å². The van der Waals surface area contributed by atoms with Crippen molar-refractivity contribution >= 4 is 22.9 Å². The molecule has 4 aromatic rings. The second kappa shape index (κ2) is 11.6. The molecule has 2 heterocycles. The van der Waals surface area contributed by atoms with Gasteiger partial charge in [-0.15, -0.1) is 0 Å². The minimum absolute atomic E-state index is 0.0200. The Balaban J connectivity index is 1.20. The average Bonchev–Trinajstić information content (AvgIpc) is 3.32. The summed E-state index contributed by atoms with van der Waals surface area (Å²) in [6.45, 7) is 5.10. The number of aryl methyl sites for hydroxylation is 1. The second-order valence-electron chi connectivity index (χ2n) is 9.96. The zero-order valence-electron chi connectivity index (χ0n) is 22.4. The third-order valence-corrected chi connectivity index (χ3v) is 7.41. The Morgan fingerprint density at radius 1 is 0.947 bits per heavy atom. The quantitative estimate of drug-likeness (QED) is 0.342. The summed E-state index contributed by atoms with van der Waals surface area (Å²) in [5.74, 6) is 2.56. The number of amides is 1. The van der Waals surface area contributed by atoms with Crippen molar-refractivity contribution in [2.75, 3.05) is 38.8 Å². The average molecular weight is 513 g/mol. The minimum atomic E-state index is 0.0200. The summed E-state index contributed by atoms with van der Waals surface area (Å²) < 4.78 is 13.0. The van der Waals surface area contributed by atoms with E-state index in [0.29, 0.717) is 18.0 Å². The van der Waals surface area contributed by atoms with Crippen LogP contribution in [0.25, 0.3) is 11.0 Å². The molecule has 7 nitrogen and oxygen atoms in total. The van der Waals surface area contributed by atoms with E-state index in [1.165, 1.54) is 11.1 Å². The number of hydrogen-bond donors (Lipinski definition) is 1. The number of hydrogen-bond acceptors (Lipinski definition) is 5. The minimum Gasteiger partial charge on any atom is -0.493 e. The Morgan fingerprint density at radius 2 is 1.66 bits per heavy atom. The lowest BCUT2D eigenvalue weighted by molar-refractivity contribution is -0.125. The first-order chi connectivity index (χ1) is 18.6. The van der Waals surface area contributed by atoms with Crippen LogP contribution in [0.2, 0.25) is 0 Å². The van der Waals surface area contributed by atoms with E-state index >= 15 is 0 Å². The van der Waals surface area contributed by atoms with Gasteiger partial charge in [-0.25, -0.2) is 4.98 Å². The van der Waals surface area contributed by atoms with E-state index in [1.54, 1.807) is 14.2 Å². The van der Waals surface area contributed by atoms with Gasteiger partial charge in [0.1, 0.15) is 0 Å². The number of carbonyl (C=O) groups is 1. The number of nitrogens with one attached hydrogen (secondary N) is 1. The molecular formula is C31H36N4O3. The number of carbonyl (C=O) groups excluding carboxylic acids is 1. The zero-order chi connectivity index (χ0) is 26.5. The van der Waals surface area contributed by atoms with Crippen molar-refractivity contribution in [1.82, 2.24) is 14.9 Å². The number of fused-ring (bicyclic) bond motifs is 1. The Kier molecular flexibility index (Phi) is 7.82. The molecule has 1 saturated heterocycles. The fourth-order valence-corrected chi connectivity index (χ4v) is 5.19. The van der Waals surface area contributed by atoms with Crippen molar-refractivity contribution in [2.24, 2.45) is 5.92 Å². The highest BCUT2D eigenvalue weighted by Crippen LogP contribution is 2.29. The molecule has 1 fully saturated rings. The van der Waals surface area contributed by atoms with Crippen molar-refractivity contribution in [3.8, 4) is 11.5 Å². The molecule has 1 aromatic heterocycles. The molecule has 1 N–H and O–H groups in total. The van der Waals surface area contributed by atoms with Crippen LogP contribution in [0, 0.1) is 12.8 Å². The topological polar surface area (TPSA) is 68.6 Å². The maximum Gasteiger partial charge on any atom is 0.223 e. The lowest BCUT2D eigenvalue weighted by atomic mass is 9.96. The zero-order valence-corrected chi connectivity index (χ0v) is 22.4. The fraction of sp³-hybridized carbons (Fsp3) is 0.355. The maximum atomic E-state index is 12.9. The van der Waals surface area contributed by atoms with E-state index in [1.807, 2.05) is 24.3 Å². The van der Waals surface area contributed by atoms with Gasteiger partial charge in [-0.1, -0.05) is 48.0 Å². The molecule has 0 unspecified atom stereocenters. The van der Waals surface area contributed by atoms with Crippen LogP contribution in [0.3, 0.4) is 0 Å². The van der Waals surface area contributed by atoms with E-state index in [4.69, 9.17) is 14.5 Å². The Bertz CT molecular complexity index is 1390. The van der Waals surface area contributed by atoms with Gasteiger partial charge >= 0.3 is 0 Å². The molecule has 38 heavy (non-hydrogen) atoms. The summed E-state index contributed by atoms with van der Waals surface area (Å²) in [7, 11) is 3.26. The number of anilines is 1. The second-order valence-corrected chi connectivity index (χ2v) is 9.96. The van der Waals surface area contributed by atoms with Crippen molar-refractivity contribution in [1.29, 1.82) is 0 Å². The van der Waals surface area contributed by atoms with Gasteiger partial charge in [0.2, 0.25) is 11.9 Å². The molecule has 0 saturated carbocycles. The Morgan fingerprint density at radius 3 is 2.39 bits per heavy atom.